The first kappa shape index (κ1) is 63.9. The summed E-state index contributed by atoms with van der Waals surface area (Å²) in [5.41, 5.74) is -7.69. The number of hydrogen-bond acceptors (Lipinski definition) is 4. The Morgan fingerprint density at radius 2 is 0.606 bits per heavy atom. The molecule has 6 unspecified atom stereocenters. The molecule has 398 valence electrons. The summed E-state index contributed by atoms with van der Waals surface area (Å²) in [5.74, 6) is -47.8. The first-order chi connectivity index (χ1) is 27.8. The van der Waals surface area contributed by atoms with Crippen molar-refractivity contribution in [1.82, 2.24) is 0 Å². The monoisotopic (exact) mass is 1100 g/mol. The fourth-order valence-corrected chi connectivity index (χ4v) is 9.23. The summed E-state index contributed by atoms with van der Waals surface area (Å²) in [6, 6.07) is 0. The molecule has 0 aromatic carbocycles. The van der Waals surface area contributed by atoms with Gasteiger partial charge in [0, 0.05) is 20.0 Å². The van der Waals surface area contributed by atoms with E-state index in [0.717, 1.165) is 0 Å². The smallest absolute Gasteiger partial charge is 0.270 e. The highest BCUT2D eigenvalue weighted by molar-refractivity contribution is 6.79. The van der Waals surface area contributed by atoms with Gasteiger partial charge < -0.3 is 0 Å². The first-order valence-electron chi connectivity index (χ1n) is 16.0. The van der Waals surface area contributed by atoms with E-state index in [1.165, 1.54) is 9.47 Å². The van der Waals surface area contributed by atoms with Gasteiger partial charge in [-0.25, -0.2) is 8.78 Å². The summed E-state index contributed by atoms with van der Waals surface area (Å²) in [6.45, 7) is 1.40. The molecule has 4 nitrogen and oxygen atoms in total. The van der Waals surface area contributed by atoms with Crippen molar-refractivity contribution in [2.24, 2.45) is 0 Å². The molecule has 0 heterocycles. The highest BCUT2D eigenvalue weighted by Gasteiger charge is 2.87. The molecule has 0 N–H and O–H groups in total. The SMILES string of the molecule is C[Si](C)(C)C(CC(C(F)(OC(F)(F)C(F)(OC(F)(F)C(F)(F)C(F)(F)F)C(F)(F)F)C(F)(F)F)[Si](C)(C)C)CC(F)(OC(F)(F)C(F)(OC(F)(F)C(F)(F)C(F)(F)F)C(F)(F)F)C(F)(F)F. The van der Waals surface area contributed by atoms with E-state index in [-0.39, 0.29) is 19.6 Å². The van der Waals surface area contributed by atoms with Crippen molar-refractivity contribution in [3.05, 3.63) is 0 Å². The Morgan fingerprint density at radius 3 is 0.818 bits per heavy atom. The fraction of sp³-hybridized carbons (Fsp3) is 1.00. The third kappa shape index (κ3) is 11.9. The number of rotatable bonds is 19. The molecule has 0 aliphatic heterocycles. The van der Waals surface area contributed by atoms with Crippen molar-refractivity contribution in [3.63, 3.8) is 0 Å². The minimum absolute atomic E-state index is 0.133. The lowest BCUT2D eigenvalue weighted by Crippen LogP contribution is -2.68. The molecule has 0 saturated carbocycles. The van der Waals surface area contributed by atoms with Crippen LogP contribution in [0.25, 0.3) is 0 Å². The molecular formula is C26H24F34O4Si2. The molecule has 6 atom stereocenters. The lowest BCUT2D eigenvalue weighted by Gasteiger charge is -2.47. The van der Waals surface area contributed by atoms with Gasteiger partial charge in [-0.05, 0) is 12.0 Å². The Kier molecular flexibility index (Phi) is 16.8. The van der Waals surface area contributed by atoms with Crippen molar-refractivity contribution < 1.29 is 168 Å². The molecule has 0 fully saturated rings. The van der Waals surface area contributed by atoms with Gasteiger partial charge in [0.05, 0.1) is 8.07 Å². The minimum Gasteiger partial charge on any atom is -0.270 e. The quantitative estimate of drug-likeness (QED) is 0.0954. The molecule has 0 aromatic heterocycles. The van der Waals surface area contributed by atoms with Gasteiger partial charge in [0.1, 0.15) is 0 Å². The normalized spacial score (nSPS) is 20.5. The fourth-order valence-electron chi connectivity index (χ4n) is 4.85. The minimum atomic E-state index is -8.53. The van der Waals surface area contributed by atoms with Crippen molar-refractivity contribution in [1.29, 1.82) is 0 Å². The third-order valence-electron chi connectivity index (χ3n) is 8.58. The van der Waals surface area contributed by atoms with E-state index in [9.17, 15) is 140 Å². The molecule has 0 aliphatic carbocycles. The van der Waals surface area contributed by atoms with Crippen LogP contribution in [0.2, 0.25) is 50.4 Å². The van der Waals surface area contributed by atoms with E-state index in [2.05, 4.69) is 9.47 Å². The van der Waals surface area contributed by atoms with Crippen LogP contribution in [-0.2, 0) is 18.9 Å². The summed E-state index contributed by atoms with van der Waals surface area (Å²) in [4.78, 5) is 0. The number of ether oxygens (including phenoxy) is 4. The van der Waals surface area contributed by atoms with E-state index in [4.69, 9.17) is 0 Å². The van der Waals surface area contributed by atoms with Crippen LogP contribution in [0.1, 0.15) is 12.8 Å². The van der Waals surface area contributed by atoms with Gasteiger partial charge >= 0.3 is 96.8 Å². The van der Waals surface area contributed by atoms with Gasteiger partial charge in [0.2, 0.25) is 0 Å². The van der Waals surface area contributed by atoms with Gasteiger partial charge in [-0.2, -0.15) is 140 Å². The molecule has 0 spiro atoms. The van der Waals surface area contributed by atoms with Crippen LogP contribution in [0.3, 0.4) is 0 Å². The van der Waals surface area contributed by atoms with Gasteiger partial charge in [-0.15, -0.1) is 0 Å². The molecule has 40 heteroatoms. The van der Waals surface area contributed by atoms with Crippen molar-refractivity contribution in [2.75, 3.05) is 0 Å². The largest absolute Gasteiger partial charge is 0.462 e. The van der Waals surface area contributed by atoms with Crippen LogP contribution in [0.15, 0.2) is 0 Å². The molecule has 0 saturated heterocycles. The van der Waals surface area contributed by atoms with Crippen LogP contribution in [0, 0.1) is 0 Å². The van der Waals surface area contributed by atoms with E-state index >= 15 is 8.78 Å². The highest BCUT2D eigenvalue weighted by atomic mass is 28.3. The van der Waals surface area contributed by atoms with Gasteiger partial charge in [-0.3, -0.25) is 18.9 Å². The average Bonchev–Trinajstić information content (AvgIpc) is 2.97. The lowest BCUT2D eigenvalue weighted by atomic mass is 10.0. The topological polar surface area (TPSA) is 36.9 Å². The second kappa shape index (κ2) is 17.3. The van der Waals surface area contributed by atoms with E-state index in [0.29, 0.717) is 19.6 Å². The second-order valence-corrected chi connectivity index (χ2v) is 26.6. The molecule has 0 aromatic rings. The van der Waals surface area contributed by atoms with E-state index in [1.807, 2.05) is 0 Å². The van der Waals surface area contributed by atoms with Crippen LogP contribution in [0.5, 0.6) is 0 Å². The zero-order chi connectivity index (χ0) is 54.4. The first-order valence-corrected chi connectivity index (χ1v) is 23.2. The summed E-state index contributed by atoms with van der Waals surface area (Å²) in [6.07, 6.45) is -87.9. The Morgan fingerprint density at radius 1 is 0.318 bits per heavy atom. The molecular weight excluding hydrogens is 1080 g/mol. The zero-order valence-corrected chi connectivity index (χ0v) is 34.1. The van der Waals surface area contributed by atoms with Crippen molar-refractivity contribution >= 4 is 16.1 Å². The Bertz CT molecular complexity index is 1650. The zero-order valence-electron chi connectivity index (χ0n) is 32.1. The molecule has 0 radical (unpaired) electrons. The Labute approximate surface area is 345 Å². The lowest BCUT2D eigenvalue weighted by molar-refractivity contribution is -0.553. The van der Waals surface area contributed by atoms with Gasteiger partial charge in [0.25, 0.3) is 0 Å². The van der Waals surface area contributed by atoms with Gasteiger partial charge in [0.15, 0.2) is 0 Å². The number of alkyl halides is 34. The summed E-state index contributed by atoms with van der Waals surface area (Å²) in [7, 11) is -9.99. The van der Waals surface area contributed by atoms with Crippen molar-refractivity contribution in [3.8, 4) is 0 Å². The molecule has 0 rings (SSSR count). The van der Waals surface area contributed by atoms with Crippen LogP contribution < -0.4 is 0 Å². The van der Waals surface area contributed by atoms with Crippen LogP contribution >= 0.6 is 0 Å². The highest BCUT2D eigenvalue weighted by Crippen LogP contribution is 2.63. The molecule has 0 aliphatic rings. The maximum atomic E-state index is 16.3. The summed E-state index contributed by atoms with van der Waals surface area (Å²) >= 11 is 0. The summed E-state index contributed by atoms with van der Waals surface area (Å²) in [5, 5.41) is 0. The molecule has 0 amide bonds. The summed E-state index contributed by atoms with van der Waals surface area (Å²) < 4.78 is 477. The molecule has 0 bridgehead atoms. The predicted molar refractivity (Wildman–Crippen MR) is 149 cm³/mol. The Hall–Kier alpha value is -2.11. The Balaban J connectivity index is 8.15. The number of hydrogen-bond donors (Lipinski definition) is 0. The van der Waals surface area contributed by atoms with E-state index in [1.54, 1.807) is 0 Å². The molecule has 66 heavy (non-hydrogen) atoms. The standard InChI is InChI=1S/C26H24F34O4Si2/c1-65(2,3)9(8-11(27,17(35,36)37)61-25(57,58)15(33,21(47,48)49)63-23(53,54)13(29,30)19(41,42)43)7-10(66(4,5)6)12(28,18(38,39)40)62-26(59,60)16(34,22(50,51)52)64-24(55,56)14(31,32)20(44,45)46/h9-10H,7-8H2,1-6H3. The van der Waals surface area contributed by atoms with Gasteiger partial charge in [-0.1, -0.05) is 39.3 Å². The van der Waals surface area contributed by atoms with Crippen LogP contribution in [0.4, 0.5) is 149 Å². The second-order valence-electron chi connectivity index (χ2n) is 15.6. The third-order valence-corrected chi connectivity index (χ3v) is 14.2. The maximum absolute atomic E-state index is 16.3. The maximum Gasteiger partial charge on any atom is 0.462 e. The van der Waals surface area contributed by atoms with Crippen molar-refractivity contribution in [2.45, 2.75) is 160 Å². The van der Waals surface area contributed by atoms with Crippen LogP contribution in [-0.4, -0.2) is 113 Å². The predicted octanol–water partition coefficient (Wildman–Crippen LogP) is 14.9. The number of halogens is 34. The van der Waals surface area contributed by atoms with E-state index < -0.39 is 137 Å². The average molecular weight is 1100 g/mol.